The maximum atomic E-state index is 12.2. The van der Waals surface area contributed by atoms with Crippen LogP contribution in [0.25, 0.3) is 0 Å². The van der Waals surface area contributed by atoms with E-state index in [1.54, 1.807) is 4.90 Å². The molecule has 2 atom stereocenters. The number of likely N-dealkylation sites (N-methyl/N-ethyl adjacent to an activating group) is 1. The Morgan fingerprint density at radius 2 is 1.91 bits per heavy atom. The summed E-state index contributed by atoms with van der Waals surface area (Å²) in [4.78, 5) is 28.6. The molecule has 1 aliphatic rings. The van der Waals surface area contributed by atoms with Gasteiger partial charge in [0.05, 0.1) is 17.8 Å². The highest BCUT2D eigenvalue weighted by molar-refractivity contribution is 5.85. The number of aldehydes is 1. The van der Waals surface area contributed by atoms with Crippen LogP contribution in [-0.2, 0) is 22.4 Å². The molecule has 1 fully saturated rings. The number of benzene rings is 2. The second kappa shape index (κ2) is 13.2. The summed E-state index contributed by atoms with van der Waals surface area (Å²) in [5, 5.41) is 3.09. The SMILES string of the molecule is CNCCc1cccc(N=C(N)N)c1.NC(Cc1ccccc1)C(=O)N1CCC[C@H]1C=O. The number of guanidine groups is 1. The molecular weight excluding hydrogens is 404 g/mol. The van der Waals surface area contributed by atoms with E-state index in [0.717, 1.165) is 43.3 Å². The third kappa shape index (κ3) is 8.13. The second-order valence-electron chi connectivity index (χ2n) is 7.73. The first-order valence-corrected chi connectivity index (χ1v) is 10.8. The minimum atomic E-state index is -0.562. The highest BCUT2D eigenvalue weighted by atomic mass is 16.2. The van der Waals surface area contributed by atoms with Gasteiger partial charge in [-0.1, -0.05) is 42.5 Å². The molecule has 8 nitrogen and oxygen atoms in total. The van der Waals surface area contributed by atoms with Gasteiger partial charge in [-0.05, 0) is 62.5 Å². The predicted octanol–water partition coefficient (Wildman–Crippen LogP) is 1.10. The van der Waals surface area contributed by atoms with Crippen LogP contribution in [0, 0.1) is 0 Å². The van der Waals surface area contributed by atoms with Gasteiger partial charge >= 0.3 is 0 Å². The lowest BCUT2D eigenvalue weighted by Crippen LogP contribution is -2.47. The Morgan fingerprint density at radius 3 is 2.56 bits per heavy atom. The molecule has 8 heteroatoms. The molecule has 0 bridgehead atoms. The van der Waals surface area contributed by atoms with Gasteiger partial charge in [0, 0.05) is 6.54 Å². The van der Waals surface area contributed by atoms with Crippen molar-refractivity contribution in [1.29, 1.82) is 0 Å². The van der Waals surface area contributed by atoms with Crippen LogP contribution in [0.2, 0.25) is 0 Å². The van der Waals surface area contributed by atoms with E-state index in [2.05, 4.69) is 16.4 Å². The molecule has 1 unspecified atom stereocenters. The Hall–Kier alpha value is -3.23. The van der Waals surface area contributed by atoms with Crippen LogP contribution >= 0.6 is 0 Å². The van der Waals surface area contributed by atoms with Gasteiger partial charge in [0.2, 0.25) is 5.91 Å². The van der Waals surface area contributed by atoms with Crippen molar-refractivity contribution in [2.75, 3.05) is 20.1 Å². The second-order valence-corrected chi connectivity index (χ2v) is 7.73. The number of carbonyl (C=O) groups excluding carboxylic acids is 2. The molecule has 1 aliphatic heterocycles. The van der Waals surface area contributed by atoms with Crippen LogP contribution in [0.4, 0.5) is 5.69 Å². The zero-order valence-corrected chi connectivity index (χ0v) is 18.6. The van der Waals surface area contributed by atoms with Crippen LogP contribution in [0.15, 0.2) is 59.6 Å². The average molecular weight is 439 g/mol. The molecule has 1 saturated heterocycles. The normalized spacial score (nSPS) is 15.9. The van der Waals surface area contributed by atoms with E-state index >= 15 is 0 Å². The van der Waals surface area contributed by atoms with Crippen LogP contribution < -0.4 is 22.5 Å². The average Bonchev–Trinajstić information content (AvgIpc) is 3.27. The first kappa shape index (κ1) is 25.0. The van der Waals surface area contributed by atoms with Crippen molar-refractivity contribution >= 4 is 23.8 Å². The number of hydrogen-bond donors (Lipinski definition) is 4. The summed E-state index contributed by atoms with van der Waals surface area (Å²) in [5.41, 5.74) is 19.6. The third-order valence-electron chi connectivity index (χ3n) is 5.19. The van der Waals surface area contributed by atoms with Gasteiger partial charge in [0.25, 0.3) is 0 Å². The summed E-state index contributed by atoms with van der Waals surface area (Å²) in [7, 11) is 1.93. The van der Waals surface area contributed by atoms with Crippen molar-refractivity contribution in [3.8, 4) is 0 Å². The molecule has 32 heavy (non-hydrogen) atoms. The zero-order valence-electron chi connectivity index (χ0n) is 18.6. The number of aliphatic imine (C=N–C) groups is 1. The predicted molar refractivity (Wildman–Crippen MR) is 128 cm³/mol. The third-order valence-corrected chi connectivity index (χ3v) is 5.19. The number of hydrogen-bond acceptors (Lipinski definition) is 5. The van der Waals surface area contributed by atoms with Crippen molar-refractivity contribution in [1.82, 2.24) is 10.2 Å². The fraction of sp³-hybridized carbons (Fsp3) is 0.375. The van der Waals surface area contributed by atoms with Crippen LogP contribution in [0.5, 0.6) is 0 Å². The fourth-order valence-corrected chi connectivity index (χ4v) is 3.58. The highest BCUT2D eigenvalue weighted by Gasteiger charge is 2.31. The Kier molecular flexibility index (Phi) is 10.4. The van der Waals surface area contributed by atoms with Gasteiger partial charge in [-0.15, -0.1) is 0 Å². The number of nitrogens with zero attached hydrogens (tertiary/aromatic N) is 2. The quantitative estimate of drug-likeness (QED) is 0.276. The number of carbonyl (C=O) groups is 2. The standard InChI is InChI=1S/C14H18N2O2.C10H16N4/c15-13(9-11-5-2-1-3-6-11)14(18)16-8-4-7-12(16)10-17;1-13-6-5-8-3-2-4-9(7-8)14-10(11)12/h1-3,5-6,10,12-13H,4,7-9,15H2;2-4,7,13H,5-6H2,1H3,(H4,11,12,14)/t12-,13?;/m0./s1. The summed E-state index contributed by atoms with van der Waals surface area (Å²) in [6, 6.07) is 16.7. The first-order valence-electron chi connectivity index (χ1n) is 10.8. The van der Waals surface area contributed by atoms with Crippen molar-refractivity contribution in [3.05, 3.63) is 65.7 Å². The van der Waals surface area contributed by atoms with Crippen molar-refractivity contribution in [3.63, 3.8) is 0 Å². The van der Waals surface area contributed by atoms with Crippen LogP contribution in [-0.4, -0.2) is 55.3 Å². The van der Waals surface area contributed by atoms with Gasteiger partial charge in [-0.25, -0.2) is 4.99 Å². The summed E-state index contributed by atoms with van der Waals surface area (Å²) in [6.07, 6.45) is 3.98. The monoisotopic (exact) mass is 438 g/mol. The van der Waals surface area contributed by atoms with E-state index in [0.29, 0.717) is 13.0 Å². The van der Waals surface area contributed by atoms with Crippen molar-refractivity contribution in [2.45, 2.75) is 37.8 Å². The van der Waals surface area contributed by atoms with Gasteiger partial charge in [-0.2, -0.15) is 0 Å². The molecule has 2 aromatic carbocycles. The minimum absolute atomic E-state index is 0.0933. The summed E-state index contributed by atoms with van der Waals surface area (Å²) in [5.74, 6) is -0.0239. The molecule has 2 aromatic rings. The molecule has 0 saturated carbocycles. The zero-order chi connectivity index (χ0) is 23.3. The Morgan fingerprint density at radius 1 is 1.19 bits per heavy atom. The lowest BCUT2D eigenvalue weighted by molar-refractivity contribution is -0.135. The number of amides is 1. The Bertz CT molecular complexity index is 883. The lowest BCUT2D eigenvalue weighted by Gasteiger charge is -2.24. The van der Waals surface area contributed by atoms with E-state index in [-0.39, 0.29) is 17.9 Å². The van der Waals surface area contributed by atoms with Gasteiger partial charge < -0.3 is 32.2 Å². The summed E-state index contributed by atoms with van der Waals surface area (Å²) < 4.78 is 0. The Labute approximate surface area is 189 Å². The van der Waals surface area contributed by atoms with Gasteiger partial charge in [-0.3, -0.25) is 4.79 Å². The number of likely N-dealkylation sites (tertiary alicyclic amines) is 1. The highest BCUT2D eigenvalue weighted by Crippen LogP contribution is 2.17. The van der Waals surface area contributed by atoms with Crippen LogP contribution in [0.1, 0.15) is 24.0 Å². The minimum Gasteiger partial charge on any atom is -0.370 e. The molecular formula is C24H34N6O2. The van der Waals surface area contributed by atoms with E-state index in [1.807, 2.05) is 55.6 Å². The molecule has 0 spiro atoms. The van der Waals surface area contributed by atoms with E-state index < -0.39 is 6.04 Å². The van der Waals surface area contributed by atoms with Crippen molar-refractivity contribution < 1.29 is 9.59 Å². The molecule has 0 radical (unpaired) electrons. The smallest absolute Gasteiger partial charge is 0.240 e. The molecule has 0 aliphatic carbocycles. The molecule has 1 heterocycles. The van der Waals surface area contributed by atoms with Crippen molar-refractivity contribution in [2.24, 2.45) is 22.2 Å². The van der Waals surface area contributed by atoms with Gasteiger partial charge in [0.15, 0.2) is 5.96 Å². The molecule has 1 amide bonds. The summed E-state index contributed by atoms with van der Waals surface area (Å²) in [6.45, 7) is 1.59. The molecule has 0 aromatic heterocycles. The first-order chi connectivity index (χ1) is 15.4. The fourth-order valence-electron chi connectivity index (χ4n) is 3.58. The van der Waals surface area contributed by atoms with E-state index in [4.69, 9.17) is 17.2 Å². The molecule has 7 N–H and O–H groups in total. The molecule has 3 rings (SSSR count). The van der Waals surface area contributed by atoms with Crippen LogP contribution in [0.3, 0.4) is 0 Å². The van der Waals surface area contributed by atoms with E-state index in [9.17, 15) is 9.59 Å². The number of nitrogens with one attached hydrogen (secondary N) is 1. The summed E-state index contributed by atoms with van der Waals surface area (Å²) >= 11 is 0. The van der Waals surface area contributed by atoms with E-state index in [1.165, 1.54) is 5.56 Å². The maximum Gasteiger partial charge on any atom is 0.240 e. The largest absolute Gasteiger partial charge is 0.370 e. The van der Waals surface area contributed by atoms with Gasteiger partial charge in [0.1, 0.15) is 6.29 Å². The number of rotatable bonds is 8. The Balaban J connectivity index is 0.000000235. The number of nitrogens with two attached hydrogens (primary N) is 3. The maximum absolute atomic E-state index is 12.2. The lowest BCUT2D eigenvalue weighted by atomic mass is 10.1. The topological polar surface area (TPSA) is 140 Å². The molecule has 172 valence electrons.